The van der Waals surface area contributed by atoms with Gasteiger partial charge in [-0.25, -0.2) is 0 Å². The van der Waals surface area contributed by atoms with E-state index in [-0.39, 0.29) is 19.1 Å². The highest BCUT2D eigenvalue weighted by atomic mass is 16.3. The fraction of sp³-hybridized carbons (Fsp3) is 0.680. The molecule has 30 heavy (non-hydrogen) atoms. The van der Waals surface area contributed by atoms with E-state index in [1.807, 2.05) is 24.3 Å². The fourth-order valence-corrected chi connectivity index (χ4v) is 3.49. The number of aromatic nitrogens is 1. The molecule has 5 nitrogen and oxygen atoms in total. The lowest BCUT2D eigenvalue weighted by atomic mass is 10.0. The standard InChI is InChI=1S/C25H42N2O3/c1-2-3-4-5-6-7-8-9-10-11-12-13-15-18-24(29)23(22-28)26-25(30)21-27-19-16-14-17-20-27/h14-20,23-24,28-29H,2-13,21-22H2,1H3/p+1/b18-15+/t23-,24+/m0/s1. The van der Waals surface area contributed by atoms with Crippen LogP contribution in [0.4, 0.5) is 0 Å². The fourth-order valence-electron chi connectivity index (χ4n) is 3.49. The third-order valence-electron chi connectivity index (χ3n) is 5.37. The number of amides is 1. The zero-order chi connectivity index (χ0) is 21.9. The van der Waals surface area contributed by atoms with Gasteiger partial charge in [-0.3, -0.25) is 4.79 Å². The second kappa shape index (κ2) is 18.1. The van der Waals surface area contributed by atoms with Gasteiger partial charge in [0.2, 0.25) is 6.54 Å². The third kappa shape index (κ3) is 13.5. The van der Waals surface area contributed by atoms with Crippen molar-refractivity contribution in [1.29, 1.82) is 0 Å². The van der Waals surface area contributed by atoms with Crippen molar-refractivity contribution in [1.82, 2.24) is 5.32 Å². The van der Waals surface area contributed by atoms with Crippen molar-refractivity contribution in [2.45, 2.75) is 103 Å². The molecule has 0 bridgehead atoms. The molecule has 0 aromatic carbocycles. The van der Waals surface area contributed by atoms with E-state index in [0.29, 0.717) is 0 Å². The van der Waals surface area contributed by atoms with Crippen molar-refractivity contribution in [2.24, 2.45) is 0 Å². The molecule has 0 unspecified atom stereocenters. The number of rotatable bonds is 18. The van der Waals surface area contributed by atoms with E-state index < -0.39 is 12.1 Å². The Balaban J connectivity index is 2.08. The Bertz CT molecular complexity index is 563. The highest BCUT2D eigenvalue weighted by molar-refractivity contribution is 5.74. The quantitative estimate of drug-likeness (QED) is 0.191. The van der Waals surface area contributed by atoms with Crippen LogP contribution in [0.2, 0.25) is 0 Å². The second-order valence-corrected chi connectivity index (χ2v) is 8.15. The SMILES string of the molecule is CCCCCCCCCCCCC/C=C/[C@@H](O)[C@H](CO)NC(=O)C[n+]1ccccc1. The zero-order valence-corrected chi connectivity index (χ0v) is 18.8. The molecule has 1 aromatic rings. The molecule has 170 valence electrons. The number of aliphatic hydroxyl groups excluding tert-OH is 2. The number of pyridine rings is 1. The predicted molar refractivity (Wildman–Crippen MR) is 122 cm³/mol. The molecule has 0 fully saturated rings. The van der Waals surface area contributed by atoms with Crippen LogP contribution in [0, 0.1) is 0 Å². The van der Waals surface area contributed by atoms with E-state index in [9.17, 15) is 15.0 Å². The van der Waals surface area contributed by atoms with Gasteiger partial charge in [-0.1, -0.05) is 89.4 Å². The molecule has 2 atom stereocenters. The number of hydrogen-bond donors (Lipinski definition) is 3. The van der Waals surface area contributed by atoms with Crippen LogP contribution in [0.5, 0.6) is 0 Å². The molecule has 0 aliphatic heterocycles. The first-order chi connectivity index (χ1) is 14.7. The summed E-state index contributed by atoms with van der Waals surface area (Å²) in [7, 11) is 0. The number of carbonyl (C=O) groups is 1. The summed E-state index contributed by atoms with van der Waals surface area (Å²) in [6, 6.07) is 4.90. The molecule has 0 saturated heterocycles. The van der Waals surface area contributed by atoms with Crippen molar-refractivity contribution >= 4 is 5.91 Å². The molecular formula is C25H43N2O3+. The minimum atomic E-state index is -0.882. The summed E-state index contributed by atoms with van der Waals surface area (Å²) in [6.45, 7) is 2.12. The maximum Gasteiger partial charge on any atom is 0.286 e. The van der Waals surface area contributed by atoms with Gasteiger partial charge < -0.3 is 15.5 Å². The first-order valence-corrected chi connectivity index (χ1v) is 11.9. The van der Waals surface area contributed by atoms with Gasteiger partial charge in [0, 0.05) is 12.1 Å². The first kappa shape index (κ1) is 26.3. The van der Waals surface area contributed by atoms with E-state index in [4.69, 9.17) is 0 Å². The molecule has 1 rings (SSSR count). The number of nitrogens with zero attached hydrogens (tertiary/aromatic N) is 1. The van der Waals surface area contributed by atoms with Crippen LogP contribution < -0.4 is 9.88 Å². The van der Waals surface area contributed by atoms with Gasteiger partial charge in [0.15, 0.2) is 12.4 Å². The largest absolute Gasteiger partial charge is 0.394 e. The molecule has 0 aliphatic rings. The van der Waals surface area contributed by atoms with Gasteiger partial charge in [0.25, 0.3) is 5.91 Å². The van der Waals surface area contributed by atoms with Crippen LogP contribution in [-0.4, -0.2) is 34.9 Å². The molecule has 1 aromatic heterocycles. The van der Waals surface area contributed by atoms with Crippen LogP contribution in [0.25, 0.3) is 0 Å². The molecule has 0 aliphatic carbocycles. The summed E-state index contributed by atoms with van der Waals surface area (Å²) in [4.78, 5) is 12.1. The topological polar surface area (TPSA) is 73.4 Å². The van der Waals surface area contributed by atoms with Crippen LogP contribution in [0.15, 0.2) is 42.7 Å². The highest BCUT2D eigenvalue weighted by Gasteiger charge is 2.20. The molecule has 3 N–H and O–H groups in total. The minimum Gasteiger partial charge on any atom is -0.394 e. The number of nitrogens with one attached hydrogen (secondary N) is 1. The number of aliphatic hydroxyl groups is 2. The molecule has 1 heterocycles. The Hall–Kier alpha value is -1.72. The van der Waals surface area contributed by atoms with Crippen molar-refractivity contribution in [3.63, 3.8) is 0 Å². The average Bonchev–Trinajstić information content (AvgIpc) is 2.75. The van der Waals surface area contributed by atoms with Crippen molar-refractivity contribution in [2.75, 3.05) is 6.61 Å². The van der Waals surface area contributed by atoms with Crippen LogP contribution in [0.1, 0.15) is 84.0 Å². The lowest BCUT2D eigenvalue weighted by Crippen LogP contribution is -2.50. The second-order valence-electron chi connectivity index (χ2n) is 8.15. The minimum absolute atomic E-state index is 0.159. The summed E-state index contributed by atoms with van der Waals surface area (Å²) in [5.41, 5.74) is 0. The van der Waals surface area contributed by atoms with Gasteiger partial charge in [0.1, 0.15) is 0 Å². The Labute approximate surface area is 183 Å². The molecule has 0 radical (unpaired) electrons. The van der Waals surface area contributed by atoms with Crippen LogP contribution in [-0.2, 0) is 11.3 Å². The Morgan fingerprint density at radius 1 is 0.933 bits per heavy atom. The normalized spacial score (nSPS) is 13.4. The van der Waals surface area contributed by atoms with E-state index in [1.54, 1.807) is 23.0 Å². The van der Waals surface area contributed by atoms with Crippen molar-refractivity contribution in [3.8, 4) is 0 Å². The molecule has 1 amide bonds. The van der Waals surface area contributed by atoms with E-state index >= 15 is 0 Å². The van der Waals surface area contributed by atoms with E-state index in [2.05, 4.69) is 12.2 Å². The van der Waals surface area contributed by atoms with Crippen molar-refractivity contribution < 1.29 is 19.6 Å². The summed E-state index contributed by atoms with van der Waals surface area (Å²) < 4.78 is 1.75. The number of hydrogen-bond acceptors (Lipinski definition) is 3. The maximum atomic E-state index is 12.1. The summed E-state index contributed by atoms with van der Waals surface area (Å²) >= 11 is 0. The van der Waals surface area contributed by atoms with Gasteiger partial charge in [-0.2, -0.15) is 4.57 Å². The van der Waals surface area contributed by atoms with Gasteiger partial charge in [0.05, 0.1) is 18.8 Å². The average molecular weight is 420 g/mol. The van der Waals surface area contributed by atoms with E-state index in [1.165, 1.54) is 64.2 Å². The Morgan fingerprint density at radius 2 is 1.50 bits per heavy atom. The number of carbonyl (C=O) groups excluding carboxylic acids is 1. The first-order valence-electron chi connectivity index (χ1n) is 11.9. The Morgan fingerprint density at radius 3 is 2.07 bits per heavy atom. The Kier molecular flexibility index (Phi) is 15.9. The smallest absolute Gasteiger partial charge is 0.286 e. The predicted octanol–water partition coefficient (Wildman–Crippen LogP) is 4.07. The summed E-state index contributed by atoms with van der Waals surface area (Å²) in [5.74, 6) is -0.233. The maximum absolute atomic E-state index is 12.1. The molecule has 5 heteroatoms. The molecule has 0 saturated carbocycles. The van der Waals surface area contributed by atoms with Crippen LogP contribution in [0.3, 0.4) is 0 Å². The number of unbranched alkanes of at least 4 members (excludes halogenated alkanes) is 11. The lowest BCUT2D eigenvalue weighted by Gasteiger charge is -2.19. The molecular weight excluding hydrogens is 376 g/mol. The zero-order valence-electron chi connectivity index (χ0n) is 18.8. The molecule has 0 spiro atoms. The third-order valence-corrected chi connectivity index (χ3v) is 5.37. The van der Waals surface area contributed by atoms with E-state index in [0.717, 1.165) is 12.8 Å². The summed E-state index contributed by atoms with van der Waals surface area (Å²) in [5, 5.41) is 22.4. The summed E-state index contributed by atoms with van der Waals surface area (Å²) in [6.07, 6.45) is 21.8. The van der Waals surface area contributed by atoms with Gasteiger partial charge in [-0.05, 0) is 12.8 Å². The highest BCUT2D eigenvalue weighted by Crippen LogP contribution is 2.12. The lowest BCUT2D eigenvalue weighted by molar-refractivity contribution is -0.684. The van der Waals surface area contributed by atoms with Gasteiger partial charge >= 0.3 is 0 Å². The van der Waals surface area contributed by atoms with Gasteiger partial charge in [-0.15, -0.1) is 0 Å². The van der Waals surface area contributed by atoms with Crippen LogP contribution >= 0.6 is 0 Å². The monoisotopic (exact) mass is 419 g/mol. The van der Waals surface area contributed by atoms with Crippen molar-refractivity contribution in [3.05, 3.63) is 42.7 Å². The number of allylic oxidation sites excluding steroid dienone is 1.